The van der Waals surface area contributed by atoms with Crippen molar-refractivity contribution in [1.82, 2.24) is 5.32 Å². The number of rotatable bonds is 7. The zero-order chi connectivity index (χ0) is 15.2. The Hall–Kier alpha value is -1.75. The minimum absolute atomic E-state index is 0.0728. The average molecular weight is 293 g/mol. The number of carbonyl (C=O) groups excluding carboxylic acids is 1. The molecule has 0 fully saturated rings. The first-order valence-corrected chi connectivity index (χ1v) is 7.34. The molecule has 21 heavy (non-hydrogen) atoms. The molecule has 1 aliphatic heterocycles. The molecule has 0 saturated carbocycles. The van der Waals surface area contributed by atoms with Crippen LogP contribution in [-0.2, 0) is 16.0 Å². The maximum Gasteiger partial charge on any atom is 0.248 e. The second-order valence-corrected chi connectivity index (χ2v) is 5.60. The van der Waals surface area contributed by atoms with E-state index in [1.165, 1.54) is 0 Å². The van der Waals surface area contributed by atoms with Gasteiger partial charge in [-0.2, -0.15) is 0 Å². The van der Waals surface area contributed by atoms with Crippen LogP contribution in [0, 0.1) is 5.92 Å². The van der Waals surface area contributed by atoms with E-state index in [9.17, 15) is 4.79 Å². The van der Waals surface area contributed by atoms with Gasteiger partial charge in [-0.3, -0.25) is 4.79 Å². The van der Waals surface area contributed by atoms with Crippen LogP contribution in [0.1, 0.15) is 26.3 Å². The van der Waals surface area contributed by atoms with Gasteiger partial charge in [0.2, 0.25) is 12.7 Å². The van der Waals surface area contributed by atoms with Crippen molar-refractivity contribution >= 4 is 5.91 Å². The van der Waals surface area contributed by atoms with Crippen LogP contribution in [0.3, 0.4) is 0 Å². The summed E-state index contributed by atoms with van der Waals surface area (Å²) in [5.41, 5.74) is 1.11. The lowest BCUT2D eigenvalue weighted by atomic mass is 10.1. The van der Waals surface area contributed by atoms with Crippen molar-refractivity contribution in [1.29, 1.82) is 0 Å². The highest BCUT2D eigenvalue weighted by Crippen LogP contribution is 2.32. The Labute approximate surface area is 125 Å². The predicted molar refractivity (Wildman–Crippen MR) is 79.5 cm³/mol. The van der Waals surface area contributed by atoms with E-state index in [4.69, 9.17) is 14.2 Å². The largest absolute Gasteiger partial charge is 0.454 e. The van der Waals surface area contributed by atoms with Crippen LogP contribution in [0.5, 0.6) is 11.5 Å². The molecule has 5 heteroatoms. The smallest absolute Gasteiger partial charge is 0.248 e. The van der Waals surface area contributed by atoms with E-state index in [0.29, 0.717) is 19.1 Å². The molecule has 1 N–H and O–H groups in total. The second-order valence-electron chi connectivity index (χ2n) is 5.60. The minimum atomic E-state index is -0.413. The maximum atomic E-state index is 11.9. The van der Waals surface area contributed by atoms with Crippen LogP contribution in [-0.4, -0.2) is 32.0 Å². The lowest BCUT2D eigenvalue weighted by molar-refractivity contribution is -0.132. The molecular formula is C16H23NO4. The number of hydrogen-bond donors (Lipinski definition) is 1. The molecule has 1 amide bonds. The highest BCUT2D eigenvalue weighted by Gasteiger charge is 2.15. The SMILES string of the molecule is CC(C)CO[C@H](C)C(=O)NCCc1ccc2c(c1)OCO2. The quantitative estimate of drug-likeness (QED) is 0.837. The number of benzene rings is 1. The first-order chi connectivity index (χ1) is 10.1. The summed E-state index contributed by atoms with van der Waals surface area (Å²) < 4.78 is 16.1. The third-order valence-corrected chi connectivity index (χ3v) is 3.20. The van der Waals surface area contributed by atoms with Crippen molar-refractivity contribution in [3.8, 4) is 11.5 Å². The number of nitrogens with one attached hydrogen (secondary N) is 1. The first-order valence-electron chi connectivity index (χ1n) is 7.34. The van der Waals surface area contributed by atoms with Crippen molar-refractivity contribution < 1.29 is 19.0 Å². The molecule has 0 radical (unpaired) electrons. The van der Waals surface area contributed by atoms with Crippen LogP contribution >= 0.6 is 0 Å². The van der Waals surface area contributed by atoms with Gasteiger partial charge < -0.3 is 19.5 Å². The molecule has 1 aromatic carbocycles. The van der Waals surface area contributed by atoms with E-state index in [1.54, 1.807) is 6.92 Å². The molecule has 1 aromatic rings. The van der Waals surface area contributed by atoms with Gasteiger partial charge in [0.1, 0.15) is 6.10 Å². The molecule has 0 unspecified atom stereocenters. The molecule has 0 aliphatic carbocycles. The lowest BCUT2D eigenvalue weighted by Crippen LogP contribution is -2.36. The third-order valence-electron chi connectivity index (χ3n) is 3.20. The molecule has 0 aromatic heterocycles. The summed E-state index contributed by atoms with van der Waals surface area (Å²) in [6, 6.07) is 5.83. The summed E-state index contributed by atoms with van der Waals surface area (Å²) in [6.07, 6.45) is 0.336. The molecule has 1 aliphatic rings. The van der Waals surface area contributed by atoms with Gasteiger partial charge >= 0.3 is 0 Å². The van der Waals surface area contributed by atoms with E-state index >= 15 is 0 Å². The molecule has 2 rings (SSSR count). The number of hydrogen-bond acceptors (Lipinski definition) is 4. The number of fused-ring (bicyclic) bond motifs is 1. The summed E-state index contributed by atoms with van der Waals surface area (Å²) in [6.45, 7) is 7.34. The van der Waals surface area contributed by atoms with Gasteiger partial charge in [-0.1, -0.05) is 19.9 Å². The van der Waals surface area contributed by atoms with Crippen LogP contribution in [0.4, 0.5) is 0 Å². The summed E-state index contributed by atoms with van der Waals surface area (Å²) in [4.78, 5) is 11.9. The zero-order valence-electron chi connectivity index (χ0n) is 12.8. The Morgan fingerprint density at radius 1 is 1.29 bits per heavy atom. The van der Waals surface area contributed by atoms with E-state index in [0.717, 1.165) is 23.5 Å². The Morgan fingerprint density at radius 3 is 2.81 bits per heavy atom. The predicted octanol–water partition coefficient (Wildman–Crippen LogP) is 2.14. The maximum absolute atomic E-state index is 11.9. The molecule has 0 spiro atoms. The highest BCUT2D eigenvalue weighted by molar-refractivity contribution is 5.80. The fourth-order valence-corrected chi connectivity index (χ4v) is 1.98. The van der Waals surface area contributed by atoms with Crippen LogP contribution in [0.25, 0.3) is 0 Å². The molecule has 0 bridgehead atoms. The van der Waals surface area contributed by atoms with Crippen molar-refractivity contribution in [2.75, 3.05) is 19.9 Å². The summed E-state index contributed by atoms with van der Waals surface area (Å²) >= 11 is 0. The van der Waals surface area contributed by atoms with Gasteiger partial charge in [-0.25, -0.2) is 0 Å². The topological polar surface area (TPSA) is 56.8 Å². The van der Waals surface area contributed by atoms with Gasteiger partial charge in [0.05, 0.1) is 0 Å². The van der Waals surface area contributed by atoms with Crippen molar-refractivity contribution in [2.24, 2.45) is 5.92 Å². The summed E-state index contributed by atoms with van der Waals surface area (Å²) in [5, 5.41) is 2.89. The fourth-order valence-electron chi connectivity index (χ4n) is 1.98. The highest BCUT2D eigenvalue weighted by atomic mass is 16.7. The van der Waals surface area contributed by atoms with E-state index in [-0.39, 0.29) is 12.7 Å². The molecule has 1 heterocycles. The Morgan fingerprint density at radius 2 is 2.05 bits per heavy atom. The summed E-state index contributed by atoms with van der Waals surface area (Å²) in [5.74, 6) is 1.90. The fraction of sp³-hybridized carbons (Fsp3) is 0.562. The van der Waals surface area contributed by atoms with Crippen molar-refractivity contribution in [2.45, 2.75) is 33.3 Å². The van der Waals surface area contributed by atoms with Crippen LogP contribution in [0.15, 0.2) is 18.2 Å². The number of ether oxygens (including phenoxy) is 3. The molecule has 5 nitrogen and oxygen atoms in total. The Balaban J connectivity index is 1.72. The number of carbonyl (C=O) groups is 1. The van der Waals surface area contributed by atoms with E-state index < -0.39 is 6.10 Å². The molecular weight excluding hydrogens is 270 g/mol. The minimum Gasteiger partial charge on any atom is -0.454 e. The molecule has 1 atom stereocenters. The van der Waals surface area contributed by atoms with Crippen molar-refractivity contribution in [3.63, 3.8) is 0 Å². The van der Waals surface area contributed by atoms with E-state index in [1.807, 2.05) is 18.2 Å². The Kier molecular flexibility index (Phi) is 5.44. The van der Waals surface area contributed by atoms with Gasteiger partial charge in [0, 0.05) is 13.2 Å². The Bertz CT molecular complexity index is 487. The number of amides is 1. The van der Waals surface area contributed by atoms with Crippen LogP contribution in [0.2, 0.25) is 0 Å². The molecule has 116 valence electrons. The third kappa shape index (κ3) is 4.63. The van der Waals surface area contributed by atoms with Crippen LogP contribution < -0.4 is 14.8 Å². The zero-order valence-corrected chi connectivity index (χ0v) is 12.8. The lowest BCUT2D eigenvalue weighted by Gasteiger charge is -2.14. The first kappa shape index (κ1) is 15.6. The van der Waals surface area contributed by atoms with Gasteiger partial charge in [0.25, 0.3) is 0 Å². The van der Waals surface area contributed by atoms with Crippen molar-refractivity contribution in [3.05, 3.63) is 23.8 Å². The second kappa shape index (κ2) is 7.31. The normalized spacial score (nSPS) is 14.3. The van der Waals surface area contributed by atoms with Gasteiger partial charge in [-0.05, 0) is 37.0 Å². The molecule has 0 saturated heterocycles. The van der Waals surface area contributed by atoms with Gasteiger partial charge in [-0.15, -0.1) is 0 Å². The summed E-state index contributed by atoms with van der Waals surface area (Å²) in [7, 11) is 0. The van der Waals surface area contributed by atoms with Gasteiger partial charge in [0.15, 0.2) is 11.5 Å². The average Bonchev–Trinajstić information content (AvgIpc) is 2.92. The van der Waals surface area contributed by atoms with E-state index in [2.05, 4.69) is 19.2 Å². The standard InChI is InChI=1S/C16H23NO4/c1-11(2)9-19-12(3)16(18)17-7-6-13-4-5-14-15(8-13)21-10-20-14/h4-5,8,11-12H,6-7,9-10H2,1-3H3,(H,17,18)/t12-/m1/s1. The monoisotopic (exact) mass is 293 g/mol.